The Bertz CT molecular complexity index is 579. The summed E-state index contributed by atoms with van der Waals surface area (Å²) in [5, 5.41) is 8.68. The van der Waals surface area contributed by atoms with Crippen molar-refractivity contribution >= 4 is 21.6 Å². The highest BCUT2D eigenvalue weighted by molar-refractivity contribution is 7.89. The Morgan fingerprint density at radius 3 is 2.85 bits per heavy atom. The quantitative estimate of drug-likeness (QED) is 0.906. The van der Waals surface area contributed by atoms with Gasteiger partial charge in [0.1, 0.15) is 5.82 Å². The van der Waals surface area contributed by atoms with Crippen molar-refractivity contribution in [3.63, 3.8) is 0 Å². The van der Waals surface area contributed by atoms with E-state index >= 15 is 0 Å². The molecule has 0 radical (unpaired) electrons. The van der Waals surface area contributed by atoms with E-state index in [-0.39, 0.29) is 22.6 Å². The number of aliphatic hydroxyl groups is 1. The van der Waals surface area contributed by atoms with Gasteiger partial charge in [0.2, 0.25) is 10.0 Å². The van der Waals surface area contributed by atoms with Crippen LogP contribution in [0.25, 0.3) is 0 Å². The van der Waals surface area contributed by atoms with Gasteiger partial charge in [-0.3, -0.25) is 0 Å². The van der Waals surface area contributed by atoms with Gasteiger partial charge < -0.3 is 5.11 Å². The molecule has 4 nitrogen and oxygen atoms in total. The molecule has 1 aliphatic rings. The molecule has 112 valence electrons. The number of hydrogen-bond acceptors (Lipinski definition) is 3. The summed E-state index contributed by atoms with van der Waals surface area (Å²) < 4.78 is 39.7. The first-order valence-corrected chi connectivity index (χ1v) is 8.36. The lowest BCUT2D eigenvalue weighted by Crippen LogP contribution is -2.35. The second-order valence-electron chi connectivity index (χ2n) is 4.85. The third kappa shape index (κ3) is 3.14. The predicted octanol–water partition coefficient (Wildman–Crippen LogP) is 2.40. The van der Waals surface area contributed by atoms with E-state index in [0.717, 1.165) is 25.0 Å². The summed E-state index contributed by atoms with van der Waals surface area (Å²) in [5.74, 6) is -0.635. The molecule has 1 aromatic rings. The van der Waals surface area contributed by atoms with Crippen molar-refractivity contribution in [1.29, 1.82) is 0 Å². The second kappa shape index (κ2) is 6.39. The van der Waals surface area contributed by atoms with Gasteiger partial charge in [-0.2, -0.15) is 4.31 Å². The predicted molar refractivity (Wildman–Crippen MR) is 74.6 cm³/mol. The Labute approximate surface area is 123 Å². The fourth-order valence-corrected chi connectivity index (χ4v) is 4.51. The van der Waals surface area contributed by atoms with Crippen LogP contribution < -0.4 is 0 Å². The van der Waals surface area contributed by atoms with E-state index in [9.17, 15) is 12.8 Å². The molecule has 1 aliphatic heterocycles. The molecule has 1 fully saturated rings. The summed E-state index contributed by atoms with van der Waals surface area (Å²) in [6.07, 6.45) is 2.78. The summed E-state index contributed by atoms with van der Waals surface area (Å²) in [6, 6.07) is 3.34. The lowest BCUT2D eigenvalue weighted by molar-refractivity contribution is 0.264. The molecule has 1 heterocycles. The lowest BCUT2D eigenvalue weighted by atomic mass is 10.1. The molecule has 20 heavy (non-hydrogen) atoms. The minimum absolute atomic E-state index is 0.0137. The van der Waals surface area contributed by atoms with E-state index in [1.165, 1.54) is 10.4 Å². The maximum atomic E-state index is 13.1. The first-order chi connectivity index (χ1) is 9.46. The van der Waals surface area contributed by atoms with Crippen LogP contribution in [-0.4, -0.2) is 37.0 Å². The number of sulfonamides is 1. The maximum Gasteiger partial charge on any atom is 0.243 e. The van der Waals surface area contributed by atoms with E-state index in [2.05, 4.69) is 0 Å². The Morgan fingerprint density at radius 1 is 1.45 bits per heavy atom. The summed E-state index contributed by atoms with van der Waals surface area (Å²) in [4.78, 5) is 0.0137. The third-order valence-electron chi connectivity index (χ3n) is 3.52. The summed E-state index contributed by atoms with van der Waals surface area (Å²) in [7, 11) is -3.66. The van der Waals surface area contributed by atoms with Gasteiger partial charge in [-0.15, -0.1) is 0 Å². The van der Waals surface area contributed by atoms with E-state index in [4.69, 9.17) is 16.7 Å². The lowest BCUT2D eigenvalue weighted by Gasteiger charge is -2.24. The van der Waals surface area contributed by atoms with Gasteiger partial charge in [0.05, 0.1) is 9.92 Å². The molecule has 1 aromatic carbocycles. The van der Waals surface area contributed by atoms with E-state index in [1.54, 1.807) is 0 Å². The molecule has 0 aliphatic carbocycles. The van der Waals surface area contributed by atoms with Crippen LogP contribution >= 0.6 is 11.6 Å². The maximum absolute atomic E-state index is 13.1. The topological polar surface area (TPSA) is 57.6 Å². The van der Waals surface area contributed by atoms with Gasteiger partial charge in [-0.05, 0) is 43.9 Å². The average Bonchev–Trinajstić information content (AvgIpc) is 2.88. The highest BCUT2D eigenvalue weighted by Gasteiger charge is 2.35. The van der Waals surface area contributed by atoms with Gasteiger partial charge in [0, 0.05) is 19.2 Å². The highest BCUT2D eigenvalue weighted by Crippen LogP contribution is 2.30. The smallest absolute Gasteiger partial charge is 0.243 e. The number of halogens is 2. The van der Waals surface area contributed by atoms with Crippen molar-refractivity contribution in [1.82, 2.24) is 4.31 Å². The molecule has 1 saturated heterocycles. The van der Waals surface area contributed by atoms with Crippen LogP contribution in [0.3, 0.4) is 0 Å². The van der Waals surface area contributed by atoms with Crippen LogP contribution in [-0.2, 0) is 10.0 Å². The highest BCUT2D eigenvalue weighted by atomic mass is 35.5. The van der Waals surface area contributed by atoms with Crippen LogP contribution in [0.1, 0.15) is 25.7 Å². The summed E-state index contributed by atoms with van der Waals surface area (Å²) in [6.45, 7) is 0.500. The number of aliphatic hydroxyl groups excluding tert-OH is 1. The molecule has 0 amide bonds. The second-order valence-corrected chi connectivity index (χ2v) is 7.15. The van der Waals surface area contributed by atoms with Crippen molar-refractivity contribution in [3.05, 3.63) is 29.0 Å². The average molecular weight is 322 g/mol. The van der Waals surface area contributed by atoms with Crippen LogP contribution in [0.15, 0.2) is 23.1 Å². The summed E-state index contributed by atoms with van der Waals surface area (Å²) >= 11 is 5.66. The molecular weight excluding hydrogens is 305 g/mol. The zero-order valence-corrected chi connectivity index (χ0v) is 12.5. The molecule has 1 atom stereocenters. The Hall–Kier alpha value is -0.690. The van der Waals surface area contributed by atoms with Gasteiger partial charge in [0.15, 0.2) is 0 Å². The van der Waals surface area contributed by atoms with Gasteiger partial charge in [-0.1, -0.05) is 11.6 Å². The minimum Gasteiger partial charge on any atom is -0.396 e. The van der Waals surface area contributed by atoms with Gasteiger partial charge in [-0.25, -0.2) is 12.8 Å². The Balaban J connectivity index is 2.26. The minimum atomic E-state index is -3.66. The number of benzene rings is 1. The van der Waals surface area contributed by atoms with Crippen LogP contribution in [0.2, 0.25) is 5.02 Å². The largest absolute Gasteiger partial charge is 0.396 e. The van der Waals surface area contributed by atoms with Gasteiger partial charge in [0.25, 0.3) is 0 Å². The van der Waals surface area contributed by atoms with Crippen molar-refractivity contribution in [2.45, 2.75) is 36.6 Å². The number of nitrogens with zero attached hydrogens (tertiary/aromatic N) is 1. The molecule has 7 heteroatoms. The van der Waals surface area contributed by atoms with Crippen LogP contribution in [0.4, 0.5) is 4.39 Å². The molecule has 1 N–H and O–H groups in total. The summed E-state index contributed by atoms with van der Waals surface area (Å²) in [5.41, 5.74) is 0. The normalized spacial score (nSPS) is 20.4. The molecular formula is C13H17ClFNO3S. The van der Waals surface area contributed by atoms with Gasteiger partial charge >= 0.3 is 0 Å². The third-order valence-corrected chi connectivity index (χ3v) is 5.75. The van der Waals surface area contributed by atoms with Crippen molar-refractivity contribution in [2.75, 3.05) is 13.2 Å². The number of rotatable bonds is 5. The Kier molecular flexibility index (Phi) is 5.01. The number of hydrogen-bond donors (Lipinski definition) is 1. The zero-order chi connectivity index (χ0) is 14.8. The van der Waals surface area contributed by atoms with Crippen molar-refractivity contribution in [3.8, 4) is 0 Å². The van der Waals surface area contributed by atoms with Crippen LogP contribution in [0, 0.1) is 5.82 Å². The SMILES string of the molecule is O=S(=O)(c1ccc(F)c(Cl)c1)N1CCCC1CCCO. The first-order valence-electron chi connectivity index (χ1n) is 6.54. The monoisotopic (exact) mass is 321 g/mol. The molecule has 0 saturated carbocycles. The molecule has 0 spiro atoms. The fraction of sp³-hybridized carbons (Fsp3) is 0.538. The zero-order valence-electron chi connectivity index (χ0n) is 10.9. The fourth-order valence-electron chi connectivity index (χ4n) is 2.51. The standard InChI is InChI=1S/C13H17ClFNO3S/c14-12-9-11(5-6-13(12)15)20(18,19)16-7-1-3-10(16)4-2-8-17/h5-6,9-10,17H,1-4,7-8H2. The van der Waals surface area contributed by atoms with Crippen molar-refractivity contribution in [2.24, 2.45) is 0 Å². The Morgan fingerprint density at radius 2 is 2.20 bits per heavy atom. The van der Waals surface area contributed by atoms with E-state index in [1.807, 2.05) is 0 Å². The van der Waals surface area contributed by atoms with Crippen LogP contribution in [0.5, 0.6) is 0 Å². The first kappa shape index (κ1) is 15.7. The van der Waals surface area contributed by atoms with Crippen molar-refractivity contribution < 1.29 is 17.9 Å². The molecule has 0 aromatic heterocycles. The van der Waals surface area contributed by atoms with E-state index in [0.29, 0.717) is 19.4 Å². The molecule has 2 rings (SSSR count). The molecule has 0 bridgehead atoms. The molecule has 1 unspecified atom stereocenters. The van der Waals surface area contributed by atoms with E-state index < -0.39 is 15.8 Å².